The number of rotatable bonds is 9. The molecule has 0 aromatic heterocycles. The first kappa shape index (κ1) is 16.8. The third-order valence-corrected chi connectivity index (χ3v) is 3.40. The number of hydrogen-bond acceptors (Lipinski definition) is 5. The number of methoxy groups -OCH3 is 3. The zero-order valence-corrected chi connectivity index (χ0v) is 12.8. The minimum atomic E-state index is 0.156. The van der Waals surface area contributed by atoms with Crippen molar-refractivity contribution < 1.29 is 19.3 Å². The lowest BCUT2D eigenvalue weighted by atomic mass is 10.1. The molecule has 0 heterocycles. The van der Waals surface area contributed by atoms with Crippen molar-refractivity contribution in [2.45, 2.75) is 13.0 Å². The Kier molecular flexibility index (Phi) is 7.36. The molecule has 0 saturated heterocycles. The number of benzene rings is 1. The summed E-state index contributed by atoms with van der Waals surface area (Å²) in [6.07, 6.45) is 0. The first-order valence-electron chi connectivity index (χ1n) is 6.72. The van der Waals surface area contributed by atoms with Crippen LogP contribution in [0, 0.1) is 0 Å². The smallest absolute Gasteiger partial charge is 0.160 e. The number of aromatic hydroxyl groups is 1. The second-order valence-corrected chi connectivity index (χ2v) is 4.63. The lowest BCUT2D eigenvalue weighted by Gasteiger charge is -2.29. The summed E-state index contributed by atoms with van der Waals surface area (Å²) < 4.78 is 15.5. The molecule has 0 aliphatic rings. The van der Waals surface area contributed by atoms with Gasteiger partial charge in [0, 0.05) is 33.4 Å². The second kappa shape index (κ2) is 8.79. The fraction of sp³-hybridized carbons (Fsp3) is 0.600. The van der Waals surface area contributed by atoms with Gasteiger partial charge in [0.15, 0.2) is 11.5 Å². The van der Waals surface area contributed by atoms with Gasteiger partial charge in [-0.2, -0.15) is 0 Å². The van der Waals surface area contributed by atoms with Crippen LogP contribution in [0.5, 0.6) is 11.5 Å². The number of phenolic OH excluding ortho intramolecular Hbond substituents is 1. The molecule has 0 radical (unpaired) electrons. The van der Waals surface area contributed by atoms with E-state index in [-0.39, 0.29) is 11.8 Å². The Morgan fingerprint density at radius 1 is 1.10 bits per heavy atom. The highest BCUT2D eigenvalue weighted by molar-refractivity contribution is 5.42. The highest BCUT2D eigenvalue weighted by Gasteiger charge is 2.17. The van der Waals surface area contributed by atoms with Crippen LogP contribution in [0.15, 0.2) is 18.2 Å². The third-order valence-electron chi connectivity index (χ3n) is 3.40. The number of ether oxygens (including phenoxy) is 3. The molecule has 1 rings (SSSR count). The van der Waals surface area contributed by atoms with Crippen molar-refractivity contribution in [2.75, 3.05) is 47.6 Å². The van der Waals surface area contributed by atoms with Crippen molar-refractivity contribution in [1.82, 2.24) is 4.90 Å². The molecule has 114 valence electrons. The van der Waals surface area contributed by atoms with Gasteiger partial charge in [0.05, 0.1) is 20.3 Å². The summed E-state index contributed by atoms with van der Waals surface area (Å²) in [4.78, 5) is 2.28. The molecule has 0 amide bonds. The van der Waals surface area contributed by atoms with Gasteiger partial charge < -0.3 is 19.3 Å². The molecule has 1 N–H and O–H groups in total. The summed E-state index contributed by atoms with van der Waals surface area (Å²) in [6.45, 7) is 5.11. The van der Waals surface area contributed by atoms with Crippen molar-refractivity contribution in [3.63, 3.8) is 0 Å². The predicted molar refractivity (Wildman–Crippen MR) is 78.4 cm³/mol. The van der Waals surface area contributed by atoms with Gasteiger partial charge in [-0.25, -0.2) is 0 Å². The fourth-order valence-electron chi connectivity index (χ4n) is 2.08. The molecule has 5 nitrogen and oxygen atoms in total. The van der Waals surface area contributed by atoms with Crippen molar-refractivity contribution in [1.29, 1.82) is 0 Å². The maximum absolute atomic E-state index is 9.66. The average Bonchev–Trinajstić information content (AvgIpc) is 2.47. The summed E-state index contributed by atoms with van der Waals surface area (Å²) in [6, 6.07) is 5.63. The van der Waals surface area contributed by atoms with Crippen molar-refractivity contribution >= 4 is 0 Å². The van der Waals surface area contributed by atoms with Crippen LogP contribution >= 0.6 is 0 Å². The standard InChI is InChI=1S/C15H25NO4/c1-12(16(7-9-18-2)8-10-19-3)13-5-6-14(17)15(11-13)20-4/h5-6,11-12,17H,7-10H2,1-4H3. The highest BCUT2D eigenvalue weighted by Crippen LogP contribution is 2.30. The Bertz CT molecular complexity index is 389. The van der Waals surface area contributed by atoms with Crippen LogP contribution in [0.3, 0.4) is 0 Å². The van der Waals surface area contributed by atoms with Gasteiger partial charge in [0.2, 0.25) is 0 Å². The zero-order chi connectivity index (χ0) is 15.0. The number of phenols is 1. The Morgan fingerprint density at radius 2 is 1.70 bits per heavy atom. The zero-order valence-electron chi connectivity index (χ0n) is 12.8. The largest absolute Gasteiger partial charge is 0.504 e. The first-order valence-corrected chi connectivity index (χ1v) is 6.72. The van der Waals surface area contributed by atoms with Gasteiger partial charge in [-0.05, 0) is 24.6 Å². The molecular formula is C15H25NO4. The minimum absolute atomic E-state index is 0.156. The van der Waals surface area contributed by atoms with Gasteiger partial charge in [-0.3, -0.25) is 4.90 Å². The lowest BCUT2D eigenvalue weighted by Crippen LogP contribution is -2.33. The van der Waals surface area contributed by atoms with Gasteiger partial charge in [0.25, 0.3) is 0 Å². The van der Waals surface area contributed by atoms with E-state index in [1.165, 1.54) is 0 Å². The molecule has 1 aromatic rings. The Morgan fingerprint density at radius 3 is 2.20 bits per heavy atom. The Labute approximate surface area is 121 Å². The van der Waals surface area contributed by atoms with Crippen LogP contribution < -0.4 is 4.74 Å². The van der Waals surface area contributed by atoms with Crippen LogP contribution in [0.4, 0.5) is 0 Å². The van der Waals surface area contributed by atoms with E-state index in [1.54, 1.807) is 27.4 Å². The van der Waals surface area contributed by atoms with E-state index in [2.05, 4.69) is 11.8 Å². The minimum Gasteiger partial charge on any atom is -0.504 e. The summed E-state index contributed by atoms with van der Waals surface area (Å²) in [7, 11) is 4.95. The summed E-state index contributed by atoms with van der Waals surface area (Å²) >= 11 is 0. The molecule has 0 aliphatic carbocycles. The van der Waals surface area contributed by atoms with E-state index >= 15 is 0 Å². The van der Waals surface area contributed by atoms with Crippen molar-refractivity contribution in [2.24, 2.45) is 0 Å². The predicted octanol–water partition coefficient (Wildman–Crippen LogP) is 2.06. The van der Waals surface area contributed by atoms with Crippen molar-refractivity contribution in [3.05, 3.63) is 23.8 Å². The molecule has 5 heteroatoms. The molecule has 0 saturated carbocycles. The average molecular weight is 283 g/mol. The number of hydrogen-bond donors (Lipinski definition) is 1. The van der Waals surface area contributed by atoms with E-state index in [9.17, 15) is 5.11 Å². The van der Waals surface area contributed by atoms with Crippen LogP contribution in [-0.2, 0) is 9.47 Å². The molecule has 0 aliphatic heterocycles. The van der Waals surface area contributed by atoms with E-state index in [1.807, 2.05) is 12.1 Å². The monoisotopic (exact) mass is 283 g/mol. The number of nitrogens with zero attached hydrogens (tertiary/aromatic N) is 1. The molecular weight excluding hydrogens is 258 g/mol. The maximum atomic E-state index is 9.66. The topological polar surface area (TPSA) is 51.2 Å². The van der Waals surface area contributed by atoms with E-state index < -0.39 is 0 Å². The highest BCUT2D eigenvalue weighted by atomic mass is 16.5. The van der Waals surface area contributed by atoms with Crippen LogP contribution in [0.1, 0.15) is 18.5 Å². The molecule has 1 atom stereocenters. The quantitative estimate of drug-likeness (QED) is 0.752. The van der Waals surface area contributed by atoms with Crippen LogP contribution in [0.25, 0.3) is 0 Å². The van der Waals surface area contributed by atoms with Gasteiger partial charge >= 0.3 is 0 Å². The van der Waals surface area contributed by atoms with Crippen molar-refractivity contribution in [3.8, 4) is 11.5 Å². The fourth-order valence-corrected chi connectivity index (χ4v) is 2.08. The molecule has 0 bridgehead atoms. The summed E-state index contributed by atoms with van der Waals surface area (Å²) in [5, 5.41) is 9.66. The maximum Gasteiger partial charge on any atom is 0.160 e. The van der Waals surface area contributed by atoms with Gasteiger partial charge in [0.1, 0.15) is 0 Å². The third kappa shape index (κ3) is 4.67. The molecule has 1 aromatic carbocycles. The summed E-state index contributed by atoms with van der Waals surface area (Å²) in [5.41, 5.74) is 1.09. The Balaban J connectivity index is 2.83. The van der Waals surface area contributed by atoms with Crippen LogP contribution in [0.2, 0.25) is 0 Å². The van der Waals surface area contributed by atoms with Crippen LogP contribution in [-0.4, -0.2) is 57.6 Å². The van der Waals surface area contributed by atoms with Gasteiger partial charge in [-0.1, -0.05) is 6.07 Å². The normalized spacial score (nSPS) is 12.7. The second-order valence-electron chi connectivity index (χ2n) is 4.63. The lowest BCUT2D eigenvalue weighted by molar-refractivity contribution is 0.0919. The molecule has 1 unspecified atom stereocenters. The SMILES string of the molecule is COCCN(CCOC)C(C)c1ccc(O)c(OC)c1. The first-order chi connectivity index (χ1) is 9.63. The van der Waals surface area contributed by atoms with Gasteiger partial charge in [-0.15, -0.1) is 0 Å². The molecule has 20 heavy (non-hydrogen) atoms. The molecule has 0 spiro atoms. The van der Waals surface area contributed by atoms with E-state index in [0.29, 0.717) is 19.0 Å². The summed E-state index contributed by atoms with van der Waals surface area (Å²) in [5.74, 6) is 0.650. The van der Waals surface area contributed by atoms with E-state index in [4.69, 9.17) is 14.2 Å². The molecule has 0 fully saturated rings. The van der Waals surface area contributed by atoms with E-state index in [0.717, 1.165) is 18.7 Å². The Hall–Kier alpha value is -1.30.